The predicted molar refractivity (Wildman–Crippen MR) is 77.8 cm³/mol. The highest BCUT2D eigenvalue weighted by Gasteiger charge is 2.29. The van der Waals surface area contributed by atoms with E-state index in [1.807, 2.05) is 4.68 Å². The predicted octanol–water partition coefficient (Wildman–Crippen LogP) is 2.95. The first-order valence-electron chi connectivity index (χ1n) is 7.75. The van der Waals surface area contributed by atoms with Crippen molar-refractivity contribution in [1.29, 1.82) is 0 Å². The molecule has 1 aromatic heterocycles. The second-order valence-electron chi connectivity index (χ2n) is 6.31. The first kappa shape index (κ1) is 14.5. The first-order valence-corrected chi connectivity index (χ1v) is 7.75. The number of nitrogens with two attached hydrogens (primary N) is 1. The lowest BCUT2D eigenvalue weighted by Gasteiger charge is -2.34. The van der Waals surface area contributed by atoms with Gasteiger partial charge in [0.15, 0.2) is 0 Å². The Hall–Kier alpha value is -0.900. The van der Waals surface area contributed by atoms with Gasteiger partial charge < -0.3 is 5.73 Å². The molecule has 4 nitrogen and oxygen atoms in total. The van der Waals surface area contributed by atoms with Gasteiger partial charge in [-0.3, -0.25) is 0 Å². The maximum atomic E-state index is 6.32. The first-order chi connectivity index (χ1) is 9.11. The quantitative estimate of drug-likeness (QED) is 0.889. The molecule has 4 heteroatoms. The van der Waals surface area contributed by atoms with Crippen molar-refractivity contribution in [2.45, 2.75) is 71.4 Å². The van der Waals surface area contributed by atoms with E-state index in [0.29, 0.717) is 18.0 Å². The molecule has 3 atom stereocenters. The fraction of sp³-hybridized carbons (Fsp3) is 0.867. The van der Waals surface area contributed by atoms with Crippen molar-refractivity contribution in [3.8, 4) is 0 Å². The van der Waals surface area contributed by atoms with E-state index < -0.39 is 0 Å². The molecule has 0 amide bonds. The van der Waals surface area contributed by atoms with Gasteiger partial charge in [-0.2, -0.15) is 5.10 Å². The van der Waals surface area contributed by atoms with Crippen molar-refractivity contribution in [2.75, 3.05) is 0 Å². The number of hydrogen-bond acceptors (Lipinski definition) is 3. The maximum absolute atomic E-state index is 6.32. The maximum Gasteiger partial charge on any atom is 0.138 e. The summed E-state index contributed by atoms with van der Waals surface area (Å²) in [7, 11) is 0. The summed E-state index contributed by atoms with van der Waals surface area (Å²) in [5, 5.41) is 4.33. The molecule has 3 unspecified atom stereocenters. The summed E-state index contributed by atoms with van der Waals surface area (Å²) in [6, 6.07) is 0.717. The molecule has 2 N–H and O–H groups in total. The third-order valence-corrected chi connectivity index (χ3v) is 4.43. The summed E-state index contributed by atoms with van der Waals surface area (Å²) in [6.45, 7) is 6.58. The minimum atomic E-state index is 0.338. The fourth-order valence-corrected chi connectivity index (χ4v) is 3.38. The van der Waals surface area contributed by atoms with E-state index in [1.54, 1.807) is 6.33 Å². The molecule has 0 saturated heterocycles. The van der Waals surface area contributed by atoms with Crippen LogP contribution >= 0.6 is 0 Å². The van der Waals surface area contributed by atoms with Gasteiger partial charge in [-0.1, -0.05) is 19.8 Å². The van der Waals surface area contributed by atoms with E-state index in [-0.39, 0.29) is 0 Å². The van der Waals surface area contributed by atoms with Gasteiger partial charge in [-0.25, -0.2) is 9.67 Å². The average molecular weight is 264 g/mol. The summed E-state index contributed by atoms with van der Waals surface area (Å²) in [5.74, 6) is 2.55. The molecule has 1 heterocycles. The van der Waals surface area contributed by atoms with Gasteiger partial charge in [0.25, 0.3) is 0 Å². The summed E-state index contributed by atoms with van der Waals surface area (Å²) >= 11 is 0. The molecule has 2 rings (SSSR count). The van der Waals surface area contributed by atoms with Crippen LogP contribution in [0.25, 0.3) is 0 Å². The van der Waals surface area contributed by atoms with E-state index in [1.165, 1.54) is 32.1 Å². The molecule has 0 aromatic carbocycles. The van der Waals surface area contributed by atoms with Crippen LogP contribution in [0.5, 0.6) is 0 Å². The minimum Gasteiger partial charge on any atom is -0.327 e. The van der Waals surface area contributed by atoms with Crippen LogP contribution in [0.15, 0.2) is 6.33 Å². The van der Waals surface area contributed by atoms with E-state index in [2.05, 4.69) is 30.9 Å². The van der Waals surface area contributed by atoms with Gasteiger partial charge in [0.1, 0.15) is 12.2 Å². The van der Waals surface area contributed by atoms with Gasteiger partial charge >= 0.3 is 0 Å². The monoisotopic (exact) mass is 264 g/mol. The third-order valence-electron chi connectivity index (χ3n) is 4.43. The lowest BCUT2D eigenvalue weighted by molar-refractivity contribution is 0.216. The van der Waals surface area contributed by atoms with Crippen LogP contribution in [-0.2, 0) is 6.42 Å². The summed E-state index contributed by atoms with van der Waals surface area (Å²) in [6.07, 6.45) is 9.04. The lowest BCUT2D eigenvalue weighted by Crippen LogP contribution is -2.38. The highest BCUT2D eigenvalue weighted by molar-refractivity contribution is 4.94. The smallest absolute Gasteiger partial charge is 0.138 e. The minimum absolute atomic E-state index is 0.338. The Labute approximate surface area is 116 Å². The van der Waals surface area contributed by atoms with Crippen LogP contribution in [0.1, 0.15) is 64.7 Å². The SMILES string of the molecule is CCCC1CCC(N)C(Cc2ncnn2C(C)C)C1. The second kappa shape index (κ2) is 6.51. The van der Waals surface area contributed by atoms with Crippen molar-refractivity contribution in [2.24, 2.45) is 17.6 Å². The van der Waals surface area contributed by atoms with Crippen molar-refractivity contribution < 1.29 is 0 Å². The normalized spacial score (nSPS) is 27.9. The topological polar surface area (TPSA) is 56.7 Å². The zero-order valence-corrected chi connectivity index (χ0v) is 12.5. The molecule has 0 radical (unpaired) electrons. The Morgan fingerprint density at radius 3 is 2.89 bits per heavy atom. The number of aromatic nitrogens is 3. The number of hydrogen-bond donors (Lipinski definition) is 1. The number of rotatable bonds is 5. The molecule has 0 spiro atoms. The van der Waals surface area contributed by atoms with E-state index in [0.717, 1.165) is 18.2 Å². The Morgan fingerprint density at radius 1 is 1.42 bits per heavy atom. The molecule has 0 bridgehead atoms. The molecule has 108 valence electrons. The van der Waals surface area contributed by atoms with Gasteiger partial charge in [-0.15, -0.1) is 0 Å². The second-order valence-corrected chi connectivity index (χ2v) is 6.31. The standard InChI is InChI=1S/C15H28N4/c1-4-5-12-6-7-14(16)13(8-12)9-15-17-10-18-19(15)11(2)3/h10-14H,4-9,16H2,1-3H3. The Kier molecular flexibility index (Phi) is 4.97. The van der Waals surface area contributed by atoms with Crippen molar-refractivity contribution in [3.05, 3.63) is 12.2 Å². The fourth-order valence-electron chi connectivity index (χ4n) is 3.38. The molecular formula is C15H28N4. The van der Waals surface area contributed by atoms with Crippen LogP contribution in [-0.4, -0.2) is 20.8 Å². The Bertz CT molecular complexity index is 385. The van der Waals surface area contributed by atoms with Crippen LogP contribution < -0.4 is 5.73 Å². The van der Waals surface area contributed by atoms with Crippen LogP contribution in [0.2, 0.25) is 0 Å². The van der Waals surface area contributed by atoms with Gasteiger partial charge in [-0.05, 0) is 44.9 Å². The van der Waals surface area contributed by atoms with Crippen molar-refractivity contribution in [3.63, 3.8) is 0 Å². The van der Waals surface area contributed by atoms with E-state index >= 15 is 0 Å². The van der Waals surface area contributed by atoms with E-state index in [4.69, 9.17) is 5.73 Å². The molecule has 1 fully saturated rings. The number of nitrogens with zero attached hydrogens (tertiary/aromatic N) is 3. The molecule has 1 saturated carbocycles. The lowest BCUT2D eigenvalue weighted by atomic mass is 9.75. The molecular weight excluding hydrogens is 236 g/mol. The van der Waals surface area contributed by atoms with Gasteiger partial charge in [0, 0.05) is 18.5 Å². The van der Waals surface area contributed by atoms with Gasteiger partial charge in [0.05, 0.1) is 0 Å². The van der Waals surface area contributed by atoms with Crippen LogP contribution in [0, 0.1) is 11.8 Å². The van der Waals surface area contributed by atoms with Crippen molar-refractivity contribution in [1.82, 2.24) is 14.8 Å². The highest BCUT2D eigenvalue weighted by atomic mass is 15.3. The molecule has 0 aliphatic heterocycles. The molecule has 1 aliphatic carbocycles. The zero-order chi connectivity index (χ0) is 13.8. The summed E-state index contributed by atoms with van der Waals surface area (Å²) in [5.41, 5.74) is 6.32. The van der Waals surface area contributed by atoms with Crippen molar-refractivity contribution >= 4 is 0 Å². The highest BCUT2D eigenvalue weighted by Crippen LogP contribution is 2.33. The Balaban J connectivity index is 2.01. The summed E-state index contributed by atoms with van der Waals surface area (Å²) < 4.78 is 2.04. The zero-order valence-electron chi connectivity index (χ0n) is 12.5. The van der Waals surface area contributed by atoms with Crippen LogP contribution in [0.3, 0.4) is 0 Å². The van der Waals surface area contributed by atoms with Gasteiger partial charge in [0.2, 0.25) is 0 Å². The molecule has 1 aliphatic rings. The average Bonchev–Trinajstić information content (AvgIpc) is 2.82. The Morgan fingerprint density at radius 2 is 2.21 bits per heavy atom. The largest absolute Gasteiger partial charge is 0.327 e. The third kappa shape index (κ3) is 3.56. The molecule has 19 heavy (non-hydrogen) atoms. The molecule has 1 aromatic rings. The summed E-state index contributed by atoms with van der Waals surface area (Å²) in [4.78, 5) is 4.43. The van der Waals surface area contributed by atoms with E-state index in [9.17, 15) is 0 Å². The van der Waals surface area contributed by atoms with Crippen LogP contribution in [0.4, 0.5) is 0 Å².